The summed E-state index contributed by atoms with van der Waals surface area (Å²) >= 11 is 0. The number of phenolic OH excluding ortho intramolecular Hbond substituents is 1. The minimum Gasteiger partial charge on any atom is -0.507 e. The highest BCUT2D eigenvalue weighted by molar-refractivity contribution is 5.97. The molecule has 2 aromatic heterocycles. The number of aromatic hydroxyl groups is 1. The van der Waals surface area contributed by atoms with Crippen molar-refractivity contribution in [1.29, 1.82) is 0 Å². The molecule has 0 fully saturated rings. The highest BCUT2D eigenvalue weighted by Crippen LogP contribution is 2.42. The van der Waals surface area contributed by atoms with Crippen molar-refractivity contribution in [1.82, 2.24) is 14.5 Å². The van der Waals surface area contributed by atoms with Gasteiger partial charge in [0.25, 0.3) is 0 Å². The van der Waals surface area contributed by atoms with Crippen molar-refractivity contribution < 1.29 is 14.7 Å². The fraction of sp³-hybridized carbons (Fsp3) is 0.208. The van der Waals surface area contributed by atoms with Crippen LogP contribution in [0.4, 0.5) is 0 Å². The Balaban J connectivity index is 1.37. The molecule has 6 aromatic carbocycles. The second-order valence-corrected chi connectivity index (χ2v) is 17.0. The monoisotopic (exact) mass is 752 g/mol. The minimum absolute atomic E-state index is 0.00254. The third kappa shape index (κ3) is 7.29. The highest BCUT2D eigenvalue weighted by Gasteiger charge is 2.25. The molecule has 0 radical (unpaired) electrons. The van der Waals surface area contributed by atoms with Crippen LogP contribution in [0.3, 0.4) is 0 Å². The number of nitrogens with zero attached hydrogens (tertiary/aromatic N) is 3. The van der Waals surface area contributed by atoms with Crippen LogP contribution in [-0.2, 0) is 10.8 Å². The fourth-order valence-electron chi connectivity index (χ4n) is 7.63. The summed E-state index contributed by atoms with van der Waals surface area (Å²) in [6, 6.07) is 34.6. The van der Waals surface area contributed by atoms with Crippen molar-refractivity contribution in [3.05, 3.63) is 167 Å². The molecule has 57 heavy (non-hydrogen) atoms. The molecule has 0 bridgehead atoms. The maximum absolute atomic E-state index is 11.7. The summed E-state index contributed by atoms with van der Waals surface area (Å²) in [5.74, 6) is 0.767. The zero-order chi connectivity index (χ0) is 46.2. The van der Waals surface area contributed by atoms with Gasteiger partial charge in [0.2, 0.25) is 0 Å². The van der Waals surface area contributed by atoms with Gasteiger partial charge in [-0.25, -0.2) is 4.98 Å². The molecule has 4 nitrogen and oxygen atoms in total. The lowest BCUT2D eigenvalue weighted by Gasteiger charge is -2.25. The molecular weight excluding hydrogens is 695 g/mol. The van der Waals surface area contributed by atoms with E-state index in [1.807, 2.05) is 44.2 Å². The molecule has 0 spiro atoms. The number of fused-ring (bicyclic) bond motifs is 1. The lowest BCUT2D eigenvalue weighted by molar-refractivity contribution is 0.472. The van der Waals surface area contributed by atoms with Crippen molar-refractivity contribution in [2.45, 2.75) is 73.1 Å². The van der Waals surface area contributed by atoms with Gasteiger partial charge in [0.1, 0.15) is 11.6 Å². The Bertz CT molecular complexity index is 3110. The standard InChI is InChI=1S/C53H51N3O/c1-33-18-20-36(21-19-33)38-24-25-54-47(31-38)40-28-39(29-41(30-40)52(4,5)6)44-16-13-17-48-49(44)55-51(45-27-34(2)26-35(3)50(45)57)56(48)42-22-23-43(37-14-11-10-12-15-37)46(32-42)53(7,8)9/h10-32,57H,1-9H3/i1D3,18D,19D,20D,21D. The normalized spacial score (nSPS) is 14.0. The summed E-state index contributed by atoms with van der Waals surface area (Å²) in [4.78, 5) is 10.2. The molecular formula is C53H51N3O. The molecule has 1 N–H and O–H groups in total. The highest BCUT2D eigenvalue weighted by atomic mass is 16.3. The molecule has 0 saturated carbocycles. The van der Waals surface area contributed by atoms with Gasteiger partial charge in [0, 0.05) is 27.1 Å². The lowest BCUT2D eigenvalue weighted by Crippen LogP contribution is -2.14. The van der Waals surface area contributed by atoms with Gasteiger partial charge in [0.05, 0.1) is 27.8 Å². The molecule has 0 aliphatic rings. The van der Waals surface area contributed by atoms with E-state index in [2.05, 4.69) is 113 Å². The number of aryl methyl sites for hydroxylation is 2. The quantitative estimate of drug-likeness (QED) is 0.184. The molecule has 284 valence electrons. The summed E-state index contributed by atoms with van der Waals surface area (Å²) in [7, 11) is 0. The topological polar surface area (TPSA) is 50.9 Å². The van der Waals surface area contributed by atoms with Crippen molar-refractivity contribution >= 4 is 11.0 Å². The smallest absolute Gasteiger partial charge is 0.149 e. The third-order valence-corrected chi connectivity index (χ3v) is 10.6. The van der Waals surface area contributed by atoms with Gasteiger partial charge in [-0.3, -0.25) is 9.55 Å². The maximum Gasteiger partial charge on any atom is 0.149 e. The average Bonchev–Trinajstić information content (AvgIpc) is 3.63. The Labute approximate surface area is 347 Å². The van der Waals surface area contributed by atoms with E-state index in [1.165, 1.54) is 5.56 Å². The average molecular weight is 753 g/mol. The summed E-state index contributed by atoms with van der Waals surface area (Å²) < 4.78 is 60.4. The summed E-state index contributed by atoms with van der Waals surface area (Å²) in [6.45, 7) is 14.2. The van der Waals surface area contributed by atoms with Crippen LogP contribution in [0.5, 0.6) is 5.75 Å². The van der Waals surface area contributed by atoms with E-state index in [9.17, 15) is 5.11 Å². The molecule has 2 heterocycles. The zero-order valence-electron chi connectivity index (χ0n) is 40.8. The molecule has 0 atom stereocenters. The van der Waals surface area contributed by atoms with Crippen LogP contribution in [-0.4, -0.2) is 19.6 Å². The summed E-state index contributed by atoms with van der Waals surface area (Å²) in [6.07, 6.45) is 1.57. The van der Waals surface area contributed by atoms with Crippen LogP contribution in [0.15, 0.2) is 140 Å². The first kappa shape index (κ1) is 30.0. The number of benzene rings is 6. The van der Waals surface area contributed by atoms with E-state index in [1.54, 1.807) is 18.3 Å². The van der Waals surface area contributed by atoms with Crippen LogP contribution >= 0.6 is 0 Å². The first-order chi connectivity index (χ1) is 30.0. The van der Waals surface area contributed by atoms with E-state index in [0.29, 0.717) is 22.6 Å². The minimum atomic E-state index is -2.81. The van der Waals surface area contributed by atoms with Crippen LogP contribution in [0.25, 0.3) is 72.7 Å². The van der Waals surface area contributed by atoms with Gasteiger partial charge in [-0.15, -0.1) is 0 Å². The summed E-state index contributed by atoms with van der Waals surface area (Å²) in [5, 5.41) is 11.7. The molecule has 0 aliphatic carbocycles. The van der Waals surface area contributed by atoms with Crippen molar-refractivity contribution in [3.8, 4) is 67.5 Å². The van der Waals surface area contributed by atoms with Gasteiger partial charge in [-0.1, -0.05) is 132 Å². The second-order valence-electron chi connectivity index (χ2n) is 17.0. The van der Waals surface area contributed by atoms with Crippen LogP contribution in [0.1, 0.15) is 79.0 Å². The van der Waals surface area contributed by atoms with E-state index in [-0.39, 0.29) is 22.1 Å². The predicted molar refractivity (Wildman–Crippen MR) is 239 cm³/mol. The number of pyridine rings is 1. The first-order valence-corrected chi connectivity index (χ1v) is 19.3. The van der Waals surface area contributed by atoms with Gasteiger partial charge in [-0.05, 0) is 130 Å². The van der Waals surface area contributed by atoms with Gasteiger partial charge < -0.3 is 5.11 Å². The van der Waals surface area contributed by atoms with Gasteiger partial charge >= 0.3 is 0 Å². The lowest BCUT2D eigenvalue weighted by atomic mass is 9.81. The van der Waals surface area contributed by atoms with Crippen molar-refractivity contribution in [3.63, 3.8) is 0 Å². The van der Waals surface area contributed by atoms with Crippen molar-refractivity contribution in [2.75, 3.05) is 0 Å². The summed E-state index contributed by atoms with van der Waals surface area (Å²) in [5.41, 5.74) is 11.6. The van der Waals surface area contributed by atoms with E-state index in [0.717, 1.165) is 61.2 Å². The SMILES string of the molecule is [2H]c1c([2H])c(C([2H])([2H])[2H])c([2H])c([2H])c1-c1ccnc(-c2cc(-c3cccc4c3nc(-c3cc(C)cc(C)c3O)n4-c3ccc(-c4ccccc4)c(C(C)(C)C)c3)cc(C(C)(C)C)c2)c1. The van der Waals surface area contributed by atoms with Gasteiger partial charge in [-0.2, -0.15) is 0 Å². The van der Waals surface area contributed by atoms with Gasteiger partial charge in [0.15, 0.2) is 0 Å². The van der Waals surface area contributed by atoms with Crippen molar-refractivity contribution in [2.24, 2.45) is 0 Å². The molecule has 0 saturated heterocycles. The number of para-hydroxylation sites is 1. The molecule has 0 aliphatic heterocycles. The van der Waals surface area contributed by atoms with E-state index in [4.69, 9.17) is 19.6 Å². The van der Waals surface area contributed by atoms with Crippen LogP contribution < -0.4 is 0 Å². The largest absolute Gasteiger partial charge is 0.507 e. The predicted octanol–water partition coefficient (Wildman–Crippen LogP) is 14.0. The Morgan fingerprint density at radius 3 is 2.09 bits per heavy atom. The zero-order valence-corrected chi connectivity index (χ0v) is 33.8. The Morgan fingerprint density at radius 2 is 1.37 bits per heavy atom. The molecule has 0 amide bonds. The van der Waals surface area contributed by atoms with Crippen LogP contribution in [0.2, 0.25) is 0 Å². The Hall–Kier alpha value is -6.26. The fourth-order valence-corrected chi connectivity index (χ4v) is 7.63. The molecule has 8 rings (SSSR count). The maximum atomic E-state index is 11.7. The Kier molecular flexibility index (Phi) is 7.54. The number of rotatable bonds is 6. The first-order valence-electron chi connectivity index (χ1n) is 22.8. The number of phenols is 1. The Morgan fingerprint density at radius 1 is 0.614 bits per heavy atom. The molecule has 8 aromatic rings. The van der Waals surface area contributed by atoms with E-state index >= 15 is 0 Å². The van der Waals surface area contributed by atoms with E-state index < -0.39 is 36.6 Å². The number of imidazole rings is 1. The molecule has 0 unspecified atom stereocenters. The number of aromatic nitrogens is 3. The molecule has 4 heteroatoms. The van der Waals surface area contributed by atoms with Crippen LogP contribution in [0, 0.1) is 20.7 Å². The number of hydrogen-bond acceptors (Lipinski definition) is 3. The second kappa shape index (κ2) is 14.4. The number of hydrogen-bond donors (Lipinski definition) is 1. The third-order valence-electron chi connectivity index (χ3n) is 10.6.